The standard InChI is InChI=1S/C9H10O4/c1-4-3-6(9(12)13)5(2)8(11)7(4)10/h3,10-11H,1-2H3,(H,12,13). The van der Waals surface area contributed by atoms with Crippen LogP contribution in [-0.2, 0) is 0 Å². The van der Waals surface area contributed by atoms with Gasteiger partial charge in [0.25, 0.3) is 0 Å². The van der Waals surface area contributed by atoms with Gasteiger partial charge >= 0.3 is 5.97 Å². The van der Waals surface area contributed by atoms with Crippen molar-refractivity contribution in [3.05, 3.63) is 22.8 Å². The fraction of sp³-hybridized carbons (Fsp3) is 0.222. The molecule has 1 rings (SSSR count). The van der Waals surface area contributed by atoms with Crippen LogP contribution in [-0.4, -0.2) is 21.3 Å². The number of hydrogen-bond donors (Lipinski definition) is 3. The molecule has 0 saturated heterocycles. The Balaban J connectivity index is 3.50. The van der Waals surface area contributed by atoms with Crippen molar-refractivity contribution in [2.75, 3.05) is 0 Å². The van der Waals surface area contributed by atoms with E-state index in [0.717, 1.165) is 0 Å². The van der Waals surface area contributed by atoms with Gasteiger partial charge in [0.15, 0.2) is 11.5 Å². The molecule has 70 valence electrons. The van der Waals surface area contributed by atoms with E-state index in [0.29, 0.717) is 5.56 Å². The average molecular weight is 182 g/mol. The highest BCUT2D eigenvalue weighted by atomic mass is 16.4. The molecule has 4 heteroatoms. The first-order valence-electron chi connectivity index (χ1n) is 3.70. The zero-order valence-corrected chi connectivity index (χ0v) is 7.33. The number of aromatic carboxylic acids is 1. The number of benzene rings is 1. The molecule has 0 fully saturated rings. The predicted octanol–water partition coefficient (Wildman–Crippen LogP) is 1.41. The lowest BCUT2D eigenvalue weighted by Gasteiger charge is -2.07. The van der Waals surface area contributed by atoms with Crippen molar-refractivity contribution in [3.63, 3.8) is 0 Å². The molecule has 0 amide bonds. The average Bonchev–Trinajstić information content (AvgIpc) is 2.07. The summed E-state index contributed by atoms with van der Waals surface area (Å²) < 4.78 is 0. The van der Waals surface area contributed by atoms with Gasteiger partial charge in [-0.15, -0.1) is 0 Å². The lowest BCUT2D eigenvalue weighted by atomic mass is 10.0. The first-order chi connectivity index (χ1) is 5.95. The van der Waals surface area contributed by atoms with E-state index >= 15 is 0 Å². The summed E-state index contributed by atoms with van der Waals surface area (Å²) in [7, 11) is 0. The van der Waals surface area contributed by atoms with E-state index in [9.17, 15) is 15.0 Å². The van der Waals surface area contributed by atoms with Crippen molar-refractivity contribution in [3.8, 4) is 11.5 Å². The van der Waals surface area contributed by atoms with Crippen LogP contribution < -0.4 is 0 Å². The molecule has 0 heterocycles. The number of carbonyl (C=O) groups is 1. The molecule has 1 aromatic rings. The summed E-state index contributed by atoms with van der Waals surface area (Å²) in [5, 5.41) is 27.3. The molecule has 3 N–H and O–H groups in total. The Morgan fingerprint density at radius 1 is 1.23 bits per heavy atom. The largest absolute Gasteiger partial charge is 0.504 e. The summed E-state index contributed by atoms with van der Waals surface area (Å²) in [6, 6.07) is 1.33. The van der Waals surface area contributed by atoms with E-state index in [1.54, 1.807) is 0 Å². The number of aromatic hydroxyl groups is 2. The van der Waals surface area contributed by atoms with Gasteiger partial charge in [0.2, 0.25) is 0 Å². The van der Waals surface area contributed by atoms with E-state index in [-0.39, 0.29) is 22.6 Å². The minimum Gasteiger partial charge on any atom is -0.504 e. The van der Waals surface area contributed by atoms with Gasteiger partial charge in [0.1, 0.15) is 0 Å². The normalized spacial score (nSPS) is 10.0. The first-order valence-corrected chi connectivity index (χ1v) is 3.70. The molecule has 0 aromatic heterocycles. The van der Waals surface area contributed by atoms with Crippen molar-refractivity contribution in [1.29, 1.82) is 0 Å². The van der Waals surface area contributed by atoms with Crippen molar-refractivity contribution in [2.45, 2.75) is 13.8 Å². The Morgan fingerprint density at radius 2 is 1.77 bits per heavy atom. The Hall–Kier alpha value is -1.71. The summed E-state index contributed by atoms with van der Waals surface area (Å²) in [5.74, 6) is -1.74. The lowest BCUT2D eigenvalue weighted by Crippen LogP contribution is -2.00. The number of phenolic OH excluding ortho intramolecular Hbond substituents is 2. The third-order valence-corrected chi connectivity index (χ3v) is 1.95. The van der Waals surface area contributed by atoms with E-state index in [4.69, 9.17) is 5.11 Å². The maximum Gasteiger partial charge on any atom is 0.336 e. The van der Waals surface area contributed by atoms with Gasteiger partial charge in [-0.05, 0) is 25.5 Å². The molecule has 0 saturated carbocycles. The van der Waals surface area contributed by atoms with Crippen molar-refractivity contribution in [2.24, 2.45) is 0 Å². The molecule has 0 unspecified atom stereocenters. The molecular formula is C9H10O4. The zero-order valence-electron chi connectivity index (χ0n) is 7.33. The summed E-state index contributed by atoms with van der Waals surface area (Å²) >= 11 is 0. The summed E-state index contributed by atoms with van der Waals surface area (Å²) in [6.45, 7) is 2.97. The van der Waals surface area contributed by atoms with Gasteiger partial charge < -0.3 is 15.3 Å². The molecule has 0 aliphatic carbocycles. The van der Waals surface area contributed by atoms with Gasteiger partial charge in [-0.1, -0.05) is 0 Å². The van der Waals surface area contributed by atoms with Crippen molar-refractivity contribution >= 4 is 5.97 Å². The lowest BCUT2D eigenvalue weighted by molar-refractivity contribution is 0.0695. The number of aryl methyl sites for hydroxylation is 1. The SMILES string of the molecule is Cc1cc(C(=O)O)c(C)c(O)c1O. The molecule has 0 bridgehead atoms. The summed E-state index contributed by atoms with van der Waals surface area (Å²) in [6.07, 6.45) is 0. The Morgan fingerprint density at radius 3 is 2.23 bits per heavy atom. The molecule has 0 aliphatic rings. The number of rotatable bonds is 1. The highest BCUT2D eigenvalue weighted by molar-refractivity contribution is 5.91. The number of carboxylic acid groups (broad SMARTS) is 1. The zero-order chi connectivity index (χ0) is 10.2. The van der Waals surface area contributed by atoms with Gasteiger partial charge in [0, 0.05) is 5.56 Å². The van der Waals surface area contributed by atoms with Crippen LogP contribution in [0, 0.1) is 13.8 Å². The van der Waals surface area contributed by atoms with Crippen LogP contribution in [0.4, 0.5) is 0 Å². The van der Waals surface area contributed by atoms with Crippen LogP contribution in [0.25, 0.3) is 0 Å². The quantitative estimate of drug-likeness (QED) is 0.574. The van der Waals surface area contributed by atoms with E-state index in [1.165, 1.54) is 19.9 Å². The minimum absolute atomic E-state index is 0.00722. The second-order valence-corrected chi connectivity index (χ2v) is 2.87. The third-order valence-electron chi connectivity index (χ3n) is 1.95. The van der Waals surface area contributed by atoms with Crippen LogP contribution in [0.15, 0.2) is 6.07 Å². The van der Waals surface area contributed by atoms with Crippen molar-refractivity contribution < 1.29 is 20.1 Å². The molecule has 0 radical (unpaired) electrons. The molecule has 0 spiro atoms. The monoisotopic (exact) mass is 182 g/mol. The van der Waals surface area contributed by atoms with Gasteiger partial charge in [-0.2, -0.15) is 0 Å². The number of carboxylic acids is 1. The van der Waals surface area contributed by atoms with Crippen LogP contribution >= 0.6 is 0 Å². The Labute approximate surface area is 75.1 Å². The molecule has 0 atom stereocenters. The van der Waals surface area contributed by atoms with Crippen LogP contribution in [0.5, 0.6) is 11.5 Å². The second-order valence-electron chi connectivity index (χ2n) is 2.87. The molecule has 1 aromatic carbocycles. The minimum atomic E-state index is -1.11. The Kier molecular flexibility index (Phi) is 2.14. The van der Waals surface area contributed by atoms with Gasteiger partial charge in [0.05, 0.1) is 5.56 Å². The first kappa shape index (κ1) is 9.38. The fourth-order valence-electron chi connectivity index (χ4n) is 1.11. The maximum absolute atomic E-state index is 10.6. The number of phenols is 2. The van der Waals surface area contributed by atoms with Crippen molar-refractivity contribution in [1.82, 2.24) is 0 Å². The highest BCUT2D eigenvalue weighted by Crippen LogP contribution is 2.34. The predicted molar refractivity (Wildman–Crippen MR) is 46.2 cm³/mol. The maximum atomic E-state index is 10.6. The molecular weight excluding hydrogens is 172 g/mol. The summed E-state index contributed by atoms with van der Waals surface area (Å²) in [4.78, 5) is 10.6. The van der Waals surface area contributed by atoms with Crippen LogP contribution in [0.2, 0.25) is 0 Å². The van der Waals surface area contributed by atoms with Gasteiger partial charge in [-0.3, -0.25) is 0 Å². The van der Waals surface area contributed by atoms with Crippen LogP contribution in [0.1, 0.15) is 21.5 Å². The Bertz CT molecular complexity index is 368. The van der Waals surface area contributed by atoms with Crippen LogP contribution in [0.3, 0.4) is 0 Å². The number of hydrogen-bond acceptors (Lipinski definition) is 3. The van der Waals surface area contributed by atoms with Gasteiger partial charge in [-0.25, -0.2) is 4.79 Å². The topological polar surface area (TPSA) is 77.8 Å². The second kappa shape index (κ2) is 2.97. The van der Waals surface area contributed by atoms with E-state index in [2.05, 4.69) is 0 Å². The third kappa shape index (κ3) is 1.42. The molecule has 0 aliphatic heterocycles. The fourth-order valence-corrected chi connectivity index (χ4v) is 1.11. The van der Waals surface area contributed by atoms with E-state index in [1.807, 2.05) is 0 Å². The molecule has 13 heavy (non-hydrogen) atoms. The van der Waals surface area contributed by atoms with E-state index < -0.39 is 5.97 Å². The highest BCUT2D eigenvalue weighted by Gasteiger charge is 2.15. The smallest absolute Gasteiger partial charge is 0.336 e. The summed E-state index contributed by atoms with van der Waals surface area (Å²) in [5.41, 5.74) is 0.531. The molecule has 4 nitrogen and oxygen atoms in total.